The molecule has 0 radical (unpaired) electrons. The Morgan fingerprint density at radius 2 is 1.87 bits per heavy atom. The Balaban J connectivity index is 1.42. The molecule has 1 aliphatic carbocycles. The number of hydrogen-bond acceptors (Lipinski definition) is 8. The molecule has 2 heterocycles. The molecule has 4 amide bonds. The van der Waals surface area contributed by atoms with E-state index in [1.807, 2.05) is 12.1 Å². The highest BCUT2D eigenvalue weighted by Gasteiger charge is 2.39. The molecule has 4 rings (SSSR count). The van der Waals surface area contributed by atoms with E-state index in [1.54, 1.807) is 32.9 Å². The highest BCUT2D eigenvalue weighted by atomic mass is 16.6. The fourth-order valence-corrected chi connectivity index (χ4v) is 4.93. The fourth-order valence-electron chi connectivity index (χ4n) is 4.93. The van der Waals surface area contributed by atoms with E-state index in [0.29, 0.717) is 17.9 Å². The largest absolute Gasteiger partial charge is 0.444 e. The molecular formula is C25H34N8O5. The molecule has 1 aliphatic heterocycles. The predicted octanol–water partition coefficient (Wildman–Crippen LogP) is 0.974. The maximum Gasteiger partial charge on any atom is 0.408 e. The molecule has 0 spiro atoms. The summed E-state index contributed by atoms with van der Waals surface area (Å²) in [6.07, 6.45) is 3.18. The molecule has 2 aliphatic rings. The molecule has 2 aromatic rings. The van der Waals surface area contributed by atoms with Crippen molar-refractivity contribution in [2.24, 2.45) is 5.92 Å². The van der Waals surface area contributed by atoms with E-state index in [9.17, 15) is 19.2 Å². The van der Waals surface area contributed by atoms with Gasteiger partial charge in [-0.25, -0.2) is 4.79 Å². The van der Waals surface area contributed by atoms with Gasteiger partial charge in [-0.3, -0.25) is 19.3 Å². The summed E-state index contributed by atoms with van der Waals surface area (Å²) in [7, 11) is 0. The van der Waals surface area contributed by atoms with Crippen molar-refractivity contribution < 1.29 is 23.9 Å². The van der Waals surface area contributed by atoms with Gasteiger partial charge in [-0.15, -0.1) is 10.2 Å². The number of ether oxygens (including phenoxy) is 1. The first-order chi connectivity index (χ1) is 18.1. The van der Waals surface area contributed by atoms with E-state index >= 15 is 0 Å². The molecule has 0 bridgehead atoms. The van der Waals surface area contributed by atoms with Crippen molar-refractivity contribution in [3.8, 4) is 0 Å². The second-order valence-corrected chi connectivity index (χ2v) is 10.5. The topological polar surface area (TPSA) is 171 Å². The number of nitrogens with one attached hydrogen (secondary N) is 4. The third kappa shape index (κ3) is 6.64. The summed E-state index contributed by atoms with van der Waals surface area (Å²) < 4.78 is 5.35. The minimum absolute atomic E-state index is 0.0474. The average molecular weight is 527 g/mol. The number of nitrogens with zero attached hydrogens (tertiary/aromatic N) is 4. The number of aromatic nitrogens is 4. The van der Waals surface area contributed by atoms with Crippen molar-refractivity contribution in [2.45, 2.75) is 77.1 Å². The summed E-state index contributed by atoms with van der Waals surface area (Å²) in [5.41, 5.74) is 0.757. The second kappa shape index (κ2) is 11.6. The molecule has 2 atom stereocenters. The average Bonchev–Trinajstić information content (AvgIpc) is 3.64. The zero-order valence-corrected chi connectivity index (χ0v) is 21.8. The number of amides is 4. The number of fused-ring (bicyclic) bond motifs is 1. The Hall–Kier alpha value is -4.03. The van der Waals surface area contributed by atoms with E-state index in [2.05, 4.69) is 36.6 Å². The minimum atomic E-state index is -0.819. The van der Waals surface area contributed by atoms with Gasteiger partial charge in [-0.1, -0.05) is 36.3 Å². The van der Waals surface area contributed by atoms with Gasteiger partial charge >= 0.3 is 6.09 Å². The normalized spacial score (nSPS) is 18.0. The molecule has 38 heavy (non-hydrogen) atoms. The van der Waals surface area contributed by atoms with Gasteiger partial charge in [0.25, 0.3) is 0 Å². The number of rotatable bonds is 8. The van der Waals surface area contributed by atoms with E-state index in [-0.39, 0.29) is 24.9 Å². The zero-order chi connectivity index (χ0) is 27.3. The first kappa shape index (κ1) is 27.0. The Labute approximate surface area is 220 Å². The molecule has 4 N–H and O–H groups in total. The number of benzene rings is 1. The molecule has 13 heteroatoms. The van der Waals surface area contributed by atoms with Crippen molar-refractivity contribution in [3.63, 3.8) is 0 Å². The number of H-pyrrole nitrogens is 1. The summed E-state index contributed by atoms with van der Waals surface area (Å²) in [6.45, 7) is 4.97. The third-order valence-electron chi connectivity index (χ3n) is 6.60. The van der Waals surface area contributed by atoms with Crippen molar-refractivity contribution in [1.29, 1.82) is 0 Å². The second-order valence-electron chi connectivity index (χ2n) is 10.5. The van der Waals surface area contributed by atoms with Gasteiger partial charge in [-0.05, 0) is 51.2 Å². The van der Waals surface area contributed by atoms with Crippen LogP contribution < -0.4 is 20.9 Å². The van der Waals surface area contributed by atoms with Crippen LogP contribution in [0.15, 0.2) is 24.3 Å². The first-order valence-electron chi connectivity index (χ1n) is 12.8. The highest BCUT2D eigenvalue weighted by molar-refractivity contribution is 6.05. The number of carbonyl (C=O) groups is 4. The number of anilines is 1. The summed E-state index contributed by atoms with van der Waals surface area (Å²) in [6, 6.07) is 5.65. The van der Waals surface area contributed by atoms with Crippen LogP contribution in [-0.2, 0) is 32.1 Å². The maximum absolute atomic E-state index is 13.4. The Bertz CT molecular complexity index is 1160. The van der Waals surface area contributed by atoms with Gasteiger partial charge in [0.2, 0.25) is 17.7 Å². The van der Waals surface area contributed by atoms with Crippen molar-refractivity contribution >= 4 is 29.5 Å². The molecule has 1 saturated carbocycles. The first-order valence-corrected chi connectivity index (χ1v) is 12.8. The van der Waals surface area contributed by atoms with Crippen LogP contribution >= 0.6 is 0 Å². The minimum Gasteiger partial charge on any atom is -0.444 e. The van der Waals surface area contributed by atoms with Crippen molar-refractivity contribution in [3.05, 3.63) is 35.7 Å². The fraction of sp³-hybridized carbons (Fsp3) is 0.560. The number of carbonyl (C=O) groups excluding carboxylic acids is 4. The molecule has 0 unspecified atom stereocenters. The van der Waals surface area contributed by atoms with Crippen LogP contribution in [0.1, 0.15) is 57.8 Å². The molecule has 1 aromatic heterocycles. The Morgan fingerprint density at radius 1 is 1.13 bits per heavy atom. The van der Waals surface area contributed by atoms with E-state index in [4.69, 9.17) is 4.74 Å². The lowest BCUT2D eigenvalue weighted by Crippen LogP contribution is -2.55. The predicted molar refractivity (Wildman–Crippen MR) is 136 cm³/mol. The van der Waals surface area contributed by atoms with Crippen LogP contribution in [0.3, 0.4) is 0 Å². The van der Waals surface area contributed by atoms with Crippen LogP contribution in [0, 0.1) is 5.92 Å². The van der Waals surface area contributed by atoms with Gasteiger partial charge in [-0.2, -0.15) is 5.21 Å². The molecule has 13 nitrogen and oxygen atoms in total. The number of alkyl carbamates (subject to hydrolysis) is 1. The number of hydrogen-bond donors (Lipinski definition) is 4. The van der Waals surface area contributed by atoms with Crippen LogP contribution in [0.25, 0.3) is 0 Å². The van der Waals surface area contributed by atoms with Crippen LogP contribution in [-0.4, -0.2) is 68.7 Å². The Morgan fingerprint density at radius 3 is 2.55 bits per heavy atom. The molecule has 1 fully saturated rings. The molecule has 0 saturated heterocycles. The quantitative estimate of drug-likeness (QED) is 0.394. The van der Waals surface area contributed by atoms with Gasteiger partial charge in [0.1, 0.15) is 17.7 Å². The monoisotopic (exact) mass is 526 g/mol. The van der Waals surface area contributed by atoms with Gasteiger partial charge in [0.05, 0.1) is 13.1 Å². The summed E-state index contributed by atoms with van der Waals surface area (Å²) in [4.78, 5) is 53.5. The molecule has 1 aromatic carbocycles. The van der Waals surface area contributed by atoms with Gasteiger partial charge in [0, 0.05) is 12.1 Å². The SMILES string of the molecule is CC(C)(C)OC(=O)N[C@H](C(=O)NCC(=O)N1c2ccccc2C[C@H]1C(=O)NCc1nn[nH]n1)C1CCCC1. The lowest BCUT2D eigenvalue weighted by molar-refractivity contribution is -0.128. The van der Waals surface area contributed by atoms with Gasteiger partial charge < -0.3 is 20.7 Å². The van der Waals surface area contributed by atoms with Crippen molar-refractivity contribution in [2.75, 3.05) is 11.4 Å². The zero-order valence-electron chi connectivity index (χ0n) is 21.8. The number of para-hydroxylation sites is 1. The highest BCUT2D eigenvalue weighted by Crippen LogP contribution is 2.32. The summed E-state index contributed by atoms with van der Waals surface area (Å²) in [5.74, 6) is -1.00. The summed E-state index contributed by atoms with van der Waals surface area (Å²) >= 11 is 0. The maximum atomic E-state index is 13.4. The molecular weight excluding hydrogens is 492 g/mol. The molecule has 204 valence electrons. The Kier molecular flexibility index (Phi) is 8.23. The lowest BCUT2D eigenvalue weighted by Gasteiger charge is -2.28. The third-order valence-corrected chi connectivity index (χ3v) is 6.60. The summed E-state index contributed by atoms with van der Waals surface area (Å²) in [5, 5.41) is 21.5. The van der Waals surface area contributed by atoms with Crippen LogP contribution in [0.5, 0.6) is 0 Å². The van der Waals surface area contributed by atoms with Crippen LogP contribution in [0.4, 0.5) is 10.5 Å². The number of tetrazole rings is 1. The lowest BCUT2D eigenvalue weighted by atomic mass is 9.97. The standard InChI is InChI=1S/C25H34N8O5/c1-25(2,3)38-24(37)28-21(15-8-4-5-9-15)23(36)27-14-20(34)33-17-11-7-6-10-16(17)12-18(33)22(35)26-13-19-29-31-32-30-19/h6-7,10-11,15,18,21H,4-5,8-9,12-14H2,1-3H3,(H,26,35)(H,27,36)(H,28,37)(H,29,30,31,32)/t18-,21-/m0/s1. The van der Waals surface area contributed by atoms with E-state index in [0.717, 1.165) is 31.2 Å². The van der Waals surface area contributed by atoms with Crippen molar-refractivity contribution in [1.82, 2.24) is 36.6 Å². The number of aromatic amines is 1. The smallest absolute Gasteiger partial charge is 0.408 e. The van der Waals surface area contributed by atoms with E-state index < -0.39 is 35.6 Å². The van der Waals surface area contributed by atoms with E-state index in [1.165, 1.54) is 4.90 Å². The van der Waals surface area contributed by atoms with Gasteiger partial charge in [0.15, 0.2) is 5.82 Å². The van der Waals surface area contributed by atoms with Crippen LogP contribution in [0.2, 0.25) is 0 Å².